The quantitative estimate of drug-likeness (QED) is 0.786. The summed E-state index contributed by atoms with van der Waals surface area (Å²) in [6.07, 6.45) is 3.63. The SMILES string of the molecule is CCOC1CC(CC(=O)Cc2cccc(Cl)c2)C1. The molecule has 1 fully saturated rings. The summed E-state index contributed by atoms with van der Waals surface area (Å²) in [6, 6.07) is 7.53. The Balaban J connectivity index is 1.73. The largest absolute Gasteiger partial charge is 0.378 e. The molecule has 0 unspecified atom stereocenters. The van der Waals surface area contributed by atoms with Crippen molar-refractivity contribution < 1.29 is 9.53 Å². The third-order valence-corrected chi connectivity index (χ3v) is 3.64. The van der Waals surface area contributed by atoms with Gasteiger partial charge in [-0.1, -0.05) is 23.7 Å². The Kier molecular flexibility index (Phi) is 4.79. The molecule has 2 nitrogen and oxygen atoms in total. The summed E-state index contributed by atoms with van der Waals surface area (Å²) in [5, 5.41) is 0.695. The monoisotopic (exact) mass is 266 g/mol. The number of ketones is 1. The normalized spacial score (nSPS) is 22.6. The van der Waals surface area contributed by atoms with Crippen LogP contribution in [0.5, 0.6) is 0 Å². The standard InChI is InChI=1S/C15H19ClO2/c1-2-18-15-9-12(10-15)8-14(17)7-11-4-3-5-13(16)6-11/h3-6,12,15H,2,7-10H2,1H3. The number of carbonyl (C=O) groups is 1. The number of carbonyl (C=O) groups excluding carboxylic acids is 1. The number of hydrogen-bond acceptors (Lipinski definition) is 2. The van der Waals surface area contributed by atoms with Gasteiger partial charge < -0.3 is 4.74 Å². The maximum atomic E-state index is 11.9. The van der Waals surface area contributed by atoms with E-state index in [4.69, 9.17) is 16.3 Å². The number of Topliss-reactive ketones (excluding diaryl/α,β-unsaturated/α-hetero) is 1. The number of benzene rings is 1. The number of rotatable bonds is 6. The van der Waals surface area contributed by atoms with Crippen molar-refractivity contribution in [3.05, 3.63) is 34.9 Å². The maximum Gasteiger partial charge on any atom is 0.137 e. The molecule has 0 aliphatic heterocycles. The van der Waals surface area contributed by atoms with Gasteiger partial charge in [0.1, 0.15) is 5.78 Å². The highest BCUT2D eigenvalue weighted by atomic mass is 35.5. The number of hydrogen-bond donors (Lipinski definition) is 0. The van der Waals surface area contributed by atoms with Crippen LogP contribution in [0.25, 0.3) is 0 Å². The highest BCUT2D eigenvalue weighted by molar-refractivity contribution is 6.30. The Labute approximate surface area is 113 Å². The van der Waals surface area contributed by atoms with Crippen LogP contribution in [0, 0.1) is 5.92 Å². The first-order valence-corrected chi connectivity index (χ1v) is 6.93. The second kappa shape index (κ2) is 6.35. The maximum absolute atomic E-state index is 11.9. The van der Waals surface area contributed by atoms with Gasteiger partial charge in [-0.05, 0) is 43.4 Å². The molecule has 1 aromatic carbocycles. The van der Waals surface area contributed by atoms with Crippen LogP contribution in [-0.4, -0.2) is 18.5 Å². The third-order valence-electron chi connectivity index (χ3n) is 3.40. The summed E-state index contributed by atoms with van der Waals surface area (Å²) in [4.78, 5) is 11.9. The van der Waals surface area contributed by atoms with E-state index < -0.39 is 0 Å². The smallest absolute Gasteiger partial charge is 0.137 e. The van der Waals surface area contributed by atoms with E-state index in [2.05, 4.69) is 0 Å². The minimum atomic E-state index is 0.303. The molecule has 0 spiro atoms. The van der Waals surface area contributed by atoms with Crippen LogP contribution in [-0.2, 0) is 16.0 Å². The molecule has 2 rings (SSSR count). The molecule has 0 saturated heterocycles. The van der Waals surface area contributed by atoms with Crippen molar-refractivity contribution in [1.82, 2.24) is 0 Å². The molecule has 1 aromatic rings. The lowest BCUT2D eigenvalue weighted by molar-refractivity contribution is -0.121. The zero-order valence-electron chi connectivity index (χ0n) is 10.7. The zero-order valence-corrected chi connectivity index (χ0v) is 11.5. The van der Waals surface area contributed by atoms with Gasteiger partial charge in [0.2, 0.25) is 0 Å². The van der Waals surface area contributed by atoms with Crippen molar-refractivity contribution in [1.29, 1.82) is 0 Å². The molecule has 0 N–H and O–H groups in total. The molecule has 18 heavy (non-hydrogen) atoms. The first kappa shape index (κ1) is 13.6. The van der Waals surface area contributed by atoms with Crippen LogP contribution in [0.15, 0.2) is 24.3 Å². The molecule has 0 radical (unpaired) electrons. The molecular formula is C15H19ClO2. The molecule has 0 heterocycles. The summed E-state index contributed by atoms with van der Waals surface area (Å²) in [7, 11) is 0. The minimum Gasteiger partial charge on any atom is -0.378 e. The predicted molar refractivity (Wildman–Crippen MR) is 72.9 cm³/mol. The Bertz CT molecular complexity index is 411. The van der Waals surface area contributed by atoms with Crippen molar-refractivity contribution in [3.8, 4) is 0 Å². The van der Waals surface area contributed by atoms with E-state index in [1.165, 1.54) is 0 Å². The molecule has 3 heteroatoms. The van der Waals surface area contributed by atoms with Crippen molar-refractivity contribution in [3.63, 3.8) is 0 Å². The van der Waals surface area contributed by atoms with Crippen LogP contribution in [0.4, 0.5) is 0 Å². The summed E-state index contributed by atoms with van der Waals surface area (Å²) < 4.78 is 5.49. The van der Waals surface area contributed by atoms with Crippen molar-refractivity contribution in [2.24, 2.45) is 5.92 Å². The van der Waals surface area contributed by atoms with Crippen molar-refractivity contribution in [2.75, 3.05) is 6.61 Å². The average molecular weight is 267 g/mol. The molecule has 1 saturated carbocycles. The Hall–Kier alpha value is -0.860. The summed E-state index contributed by atoms with van der Waals surface area (Å²) >= 11 is 5.90. The lowest BCUT2D eigenvalue weighted by Gasteiger charge is -2.34. The highest BCUT2D eigenvalue weighted by Crippen LogP contribution is 2.33. The fourth-order valence-corrected chi connectivity index (χ4v) is 2.69. The molecule has 1 aliphatic rings. The zero-order chi connectivity index (χ0) is 13.0. The van der Waals surface area contributed by atoms with Crippen LogP contribution < -0.4 is 0 Å². The van der Waals surface area contributed by atoms with Gasteiger partial charge in [-0.25, -0.2) is 0 Å². The van der Waals surface area contributed by atoms with Crippen LogP contribution >= 0.6 is 11.6 Å². The Morgan fingerprint density at radius 1 is 1.44 bits per heavy atom. The third kappa shape index (κ3) is 3.82. The van der Waals surface area contributed by atoms with Gasteiger partial charge in [0, 0.05) is 24.5 Å². The van der Waals surface area contributed by atoms with E-state index in [1.807, 2.05) is 31.2 Å². The topological polar surface area (TPSA) is 26.3 Å². The van der Waals surface area contributed by atoms with E-state index in [-0.39, 0.29) is 0 Å². The van der Waals surface area contributed by atoms with Crippen LogP contribution in [0.2, 0.25) is 5.02 Å². The van der Waals surface area contributed by atoms with E-state index in [9.17, 15) is 4.79 Å². The predicted octanol–water partition coefficient (Wildman–Crippen LogP) is 3.66. The fraction of sp³-hybridized carbons (Fsp3) is 0.533. The molecule has 0 bridgehead atoms. The number of halogens is 1. The van der Waals surface area contributed by atoms with Gasteiger partial charge in [-0.15, -0.1) is 0 Å². The lowest BCUT2D eigenvalue weighted by Crippen LogP contribution is -2.33. The van der Waals surface area contributed by atoms with E-state index in [0.717, 1.165) is 25.0 Å². The molecule has 0 aromatic heterocycles. The van der Waals surface area contributed by atoms with Gasteiger partial charge in [-0.2, -0.15) is 0 Å². The minimum absolute atomic E-state index is 0.303. The average Bonchev–Trinajstić information content (AvgIpc) is 2.26. The van der Waals surface area contributed by atoms with Crippen LogP contribution in [0.3, 0.4) is 0 Å². The number of ether oxygens (including phenoxy) is 1. The summed E-state index contributed by atoms with van der Waals surface area (Å²) in [5.41, 5.74) is 1.01. The molecular weight excluding hydrogens is 248 g/mol. The molecule has 0 amide bonds. The Morgan fingerprint density at radius 3 is 2.89 bits per heavy atom. The Morgan fingerprint density at radius 2 is 2.22 bits per heavy atom. The second-order valence-electron chi connectivity index (χ2n) is 4.96. The van der Waals surface area contributed by atoms with Crippen molar-refractivity contribution in [2.45, 2.75) is 38.7 Å². The summed E-state index contributed by atoms with van der Waals surface area (Å²) in [6.45, 7) is 2.78. The van der Waals surface area contributed by atoms with Crippen molar-refractivity contribution >= 4 is 17.4 Å². The van der Waals surface area contributed by atoms with Gasteiger partial charge in [-0.3, -0.25) is 4.79 Å². The molecule has 1 aliphatic carbocycles. The second-order valence-corrected chi connectivity index (χ2v) is 5.40. The van der Waals surface area contributed by atoms with Crippen LogP contribution in [0.1, 0.15) is 31.7 Å². The van der Waals surface area contributed by atoms with Gasteiger partial charge in [0.25, 0.3) is 0 Å². The van der Waals surface area contributed by atoms with E-state index in [1.54, 1.807) is 0 Å². The van der Waals surface area contributed by atoms with Gasteiger partial charge in [0.05, 0.1) is 6.10 Å². The van der Waals surface area contributed by atoms with Gasteiger partial charge >= 0.3 is 0 Å². The van der Waals surface area contributed by atoms with E-state index >= 15 is 0 Å². The first-order chi connectivity index (χ1) is 8.67. The van der Waals surface area contributed by atoms with Gasteiger partial charge in [0.15, 0.2) is 0 Å². The first-order valence-electron chi connectivity index (χ1n) is 6.55. The lowest BCUT2D eigenvalue weighted by atomic mass is 9.78. The summed E-state index contributed by atoms with van der Waals surface area (Å²) in [5.74, 6) is 0.824. The fourth-order valence-electron chi connectivity index (χ4n) is 2.48. The highest BCUT2D eigenvalue weighted by Gasteiger charge is 2.30. The van der Waals surface area contributed by atoms with E-state index in [0.29, 0.717) is 35.7 Å². The molecule has 98 valence electrons. The molecule has 0 atom stereocenters.